The number of rotatable bonds is 7. The lowest BCUT2D eigenvalue weighted by molar-refractivity contribution is -0.121. The number of carbonyl (C=O) groups is 1. The van der Waals surface area contributed by atoms with Crippen LogP contribution in [-0.4, -0.2) is 28.3 Å². The molecule has 2 rings (SSSR count). The van der Waals surface area contributed by atoms with Crippen LogP contribution in [0.15, 0.2) is 0 Å². The molecule has 1 aliphatic rings. The van der Waals surface area contributed by atoms with Crippen LogP contribution >= 0.6 is 11.6 Å². The molecule has 0 atom stereocenters. The van der Waals surface area contributed by atoms with E-state index in [2.05, 4.69) is 15.7 Å². The summed E-state index contributed by atoms with van der Waals surface area (Å²) >= 11 is 6.14. The van der Waals surface area contributed by atoms with Gasteiger partial charge >= 0.3 is 0 Å². The first-order chi connectivity index (χ1) is 9.08. The average Bonchev–Trinajstić information content (AvgIpc) is 3.12. The van der Waals surface area contributed by atoms with Crippen molar-refractivity contribution in [3.63, 3.8) is 0 Å². The Morgan fingerprint density at radius 2 is 2.26 bits per heavy atom. The first-order valence-corrected chi connectivity index (χ1v) is 7.13. The summed E-state index contributed by atoms with van der Waals surface area (Å²) in [6, 6.07) is 0.456. The second-order valence-corrected chi connectivity index (χ2v) is 5.46. The van der Waals surface area contributed by atoms with Crippen LogP contribution in [0.25, 0.3) is 0 Å². The van der Waals surface area contributed by atoms with E-state index in [0.717, 1.165) is 37.1 Å². The third-order valence-corrected chi connectivity index (χ3v) is 3.74. The van der Waals surface area contributed by atoms with E-state index in [1.165, 1.54) is 0 Å². The van der Waals surface area contributed by atoms with Crippen LogP contribution in [-0.2, 0) is 18.4 Å². The fourth-order valence-corrected chi connectivity index (χ4v) is 2.23. The summed E-state index contributed by atoms with van der Waals surface area (Å²) in [5.74, 6) is 0.167. The lowest BCUT2D eigenvalue weighted by Crippen LogP contribution is -2.26. The third-order valence-electron chi connectivity index (χ3n) is 3.27. The zero-order chi connectivity index (χ0) is 13.8. The normalized spacial score (nSPS) is 14.7. The van der Waals surface area contributed by atoms with E-state index in [1.54, 1.807) is 4.68 Å². The van der Waals surface area contributed by atoms with E-state index >= 15 is 0 Å². The summed E-state index contributed by atoms with van der Waals surface area (Å²) in [4.78, 5) is 11.5. The molecule has 0 spiro atoms. The SMILES string of the molecule is Cc1nn(C)c(Cl)c1CNCCCC(=O)NC1CC1. The molecule has 2 N–H and O–H groups in total. The molecular formula is C13H21ClN4O. The van der Waals surface area contributed by atoms with Gasteiger partial charge in [0.25, 0.3) is 0 Å². The van der Waals surface area contributed by atoms with Crippen LogP contribution in [0.2, 0.25) is 5.15 Å². The van der Waals surface area contributed by atoms with Gasteiger partial charge in [-0.1, -0.05) is 11.6 Å². The van der Waals surface area contributed by atoms with Gasteiger partial charge in [0.15, 0.2) is 0 Å². The number of aromatic nitrogens is 2. The minimum Gasteiger partial charge on any atom is -0.353 e. The van der Waals surface area contributed by atoms with Crippen molar-refractivity contribution < 1.29 is 4.79 Å². The molecule has 1 saturated carbocycles. The van der Waals surface area contributed by atoms with Crippen molar-refractivity contribution in [2.24, 2.45) is 7.05 Å². The molecule has 1 aromatic heterocycles. The standard InChI is InChI=1S/C13H21ClN4O/c1-9-11(13(14)18(2)17-9)8-15-7-3-4-12(19)16-10-5-6-10/h10,15H,3-8H2,1-2H3,(H,16,19). The molecule has 1 aliphatic carbocycles. The molecule has 6 heteroatoms. The number of nitrogens with zero attached hydrogens (tertiary/aromatic N) is 2. The van der Waals surface area contributed by atoms with Gasteiger partial charge in [-0.15, -0.1) is 0 Å². The largest absolute Gasteiger partial charge is 0.353 e. The summed E-state index contributed by atoms with van der Waals surface area (Å²) in [6.07, 6.45) is 3.71. The number of aryl methyl sites for hydroxylation is 2. The van der Waals surface area contributed by atoms with Crippen LogP contribution in [0.5, 0.6) is 0 Å². The zero-order valence-electron chi connectivity index (χ0n) is 11.5. The van der Waals surface area contributed by atoms with Gasteiger partial charge in [0.2, 0.25) is 5.91 Å². The molecule has 5 nitrogen and oxygen atoms in total. The van der Waals surface area contributed by atoms with Crippen molar-refractivity contribution in [1.29, 1.82) is 0 Å². The van der Waals surface area contributed by atoms with Crippen molar-refractivity contribution in [3.05, 3.63) is 16.4 Å². The maximum absolute atomic E-state index is 11.5. The Morgan fingerprint density at radius 1 is 1.53 bits per heavy atom. The van der Waals surface area contributed by atoms with Crippen molar-refractivity contribution >= 4 is 17.5 Å². The van der Waals surface area contributed by atoms with Gasteiger partial charge in [-0.05, 0) is 32.7 Å². The number of hydrogen-bond acceptors (Lipinski definition) is 3. The Balaban J connectivity index is 1.62. The fourth-order valence-electron chi connectivity index (χ4n) is 1.99. The summed E-state index contributed by atoms with van der Waals surface area (Å²) in [6.45, 7) is 3.46. The maximum Gasteiger partial charge on any atom is 0.220 e. The number of halogens is 1. The van der Waals surface area contributed by atoms with Gasteiger partial charge in [-0.3, -0.25) is 9.48 Å². The lowest BCUT2D eigenvalue weighted by Gasteiger charge is -2.05. The molecule has 0 radical (unpaired) electrons. The van der Waals surface area contributed by atoms with Gasteiger partial charge < -0.3 is 10.6 Å². The second-order valence-electron chi connectivity index (χ2n) is 5.10. The first-order valence-electron chi connectivity index (χ1n) is 6.76. The lowest BCUT2D eigenvalue weighted by atomic mass is 10.2. The number of carbonyl (C=O) groups excluding carboxylic acids is 1. The quantitative estimate of drug-likeness (QED) is 0.747. The van der Waals surface area contributed by atoms with Crippen molar-refractivity contribution in [2.45, 2.75) is 45.2 Å². The van der Waals surface area contributed by atoms with Crippen LogP contribution in [0.1, 0.15) is 36.9 Å². The molecule has 1 aromatic rings. The number of amides is 1. The van der Waals surface area contributed by atoms with Gasteiger partial charge in [-0.25, -0.2) is 0 Å². The van der Waals surface area contributed by atoms with E-state index in [9.17, 15) is 4.79 Å². The Labute approximate surface area is 118 Å². The second kappa shape index (κ2) is 6.39. The van der Waals surface area contributed by atoms with E-state index in [4.69, 9.17) is 11.6 Å². The predicted molar refractivity (Wildman–Crippen MR) is 75.1 cm³/mol. The minimum absolute atomic E-state index is 0.167. The van der Waals surface area contributed by atoms with Gasteiger partial charge in [0.05, 0.1) is 5.69 Å². The average molecular weight is 285 g/mol. The molecule has 19 heavy (non-hydrogen) atoms. The highest BCUT2D eigenvalue weighted by Gasteiger charge is 2.22. The molecule has 0 aliphatic heterocycles. The Hall–Kier alpha value is -1.07. The summed E-state index contributed by atoms with van der Waals surface area (Å²) in [7, 11) is 1.83. The molecule has 0 bridgehead atoms. The molecule has 1 amide bonds. The number of nitrogens with one attached hydrogen (secondary N) is 2. The van der Waals surface area contributed by atoms with Gasteiger partial charge in [0.1, 0.15) is 5.15 Å². The molecule has 1 heterocycles. The van der Waals surface area contributed by atoms with Crippen LogP contribution in [0.4, 0.5) is 0 Å². The van der Waals surface area contributed by atoms with Gasteiger partial charge in [0, 0.05) is 31.6 Å². The van der Waals surface area contributed by atoms with Crippen LogP contribution < -0.4 is 10.6 Å². The van der Waals surface area contributed by atoms with Crippen molar-refractivity contribution in [1.82, 2.24) is 20.4 Å². The summed E-state index contributed by atoms with van der Waals surface area (Å²) in [5, 5.41) is 11.2. The molecular weight excluding hydrogens is 264 g/mol. The Kier molecular flexibility index (Phi) is 4.82. The Bertz CT molecular complexity index is 454. The smallest absolute Gasteiger partial charge is 0.220 e. The van der Waals surface area contributed by atoms with E-state index < -0.39 is 0 Å². The number of hydrogen-bond donors (Lipinski definition) is 2. The van der Waals surface area contributed by atoms with Crippen LogP contribution in [0.3, 0.4) is 0 Å². The summed E-state index contributed by atoms with van der Waals surface area (Å²) < 4.78 is 1.68. The fraction of sp³-hybridized carbons (Fsp3) is 0.692. The maximum atomic E-state index is 11.5. The minimum atomic E-state index is 0.167. The van der Waals surface area contributed by atoms with E-state index in [0.29, 0.717) is 24.2 Å². The molecule has 106 valence electrons. The van der Waals surface area contributed by atoms with Crippen LogP contribution in [0, 0.1) is 6.92 Å². The van der Waals surface area contributed by atoms with Crippen molar-refractivity contribution in [3.8, 4) is 0 Å². The van der Waals surface area contributed by atoms with Crippen molar-refractivity contribution in [2.75, 3.05) is 6.54 Å². The first kappa shape index (κ1) is 14.3. The highest BCUT2D eigenvalue weighted by atomic mass is 35.5. The zero-order valence-corrected chi connectivity index (χ0v) is 12.3. The molecule has 0 unspecified atom stereocenters. The molecule has 0 saturated heterocycles. The Morgan fingerprint density at radius 3 is 2.84 bits per heavy atom. The molecule has 0 aromatic carbocycles. The highest BCUT2D eigenvalue weighted by molar-refractivity contribution is 6.30. The predicted octanol–water partition coefficient (Wildman–Crippen LogP) is 1.53. The summed E-state index contributed by atoms with van der Waals surface area (Å²) in [5.41, 5.74) is 1.98. The molecule has 1 fully saturated rings. The monoisotopic (exact) mass is 284 g/mol. The highest BCUT2D eigenvalue weighted by Crippen LogP contribution is 2.19. The van der Waals surface area contributed by atoms with Gasteiger partial charge in [-0.2, -0.15) is 5.10 Å². The third kappa shape index (κ3) is 4.21. The van der Waals surface area contributed by atoms with E-state index in [1.807, 2.05) is 14.0 Å². The topological polar surface area (TPSA) is 59.0 Å². The van der Waals surface area contributed by atoms with E-state index in [-0.39, 0.29) is 5.91 Å².